The molecule has 2 N–H and O–H groups in total. The number of β-amino-alcohol motifs (C(OH)–C–C–N with tert-alkyl or cyclic N) is 1. The Morgan fingerprint density at radius 1 is 1.06 bits per heavy atom. The number of nitrogens with zero attached hydrogens (tertiary/aromatic N) is 3. The predicted molar refractivity (Wildman–Crippen MR) is 142 cm³/mol. The van der Waals surface area contributed by atoms with E-state index in [0.717, 1.165) is 77.9 Å². The molecule has 3 aliphatic rings. The molecule has 1 aliphatic carbocycles. The van der Waals surface area contributed by atoms with E-state index in [4.69, 9.17) is 0 Å². The van der Waals surface area contributed by atoms with Gasteiger partial charge in [0.2, 0.25) is 0 Å². The van der Waals surface area contributed by atoms with Gasteiger partial charge in [0.1, 0.15) is 0 Å². The summed E-state index contributed by atoms with van der Waals surface area (Å²) in [6.45, 7) is 6.44. The quantitative estimate of drug-likeness (QED) is 0.562. The molecule has 2 amide bonds. The smallest absolute Gasteiger partial charge is 0.258 e. The third kappa shape index (κ3) is 3.65. The molecule has 1 saturated heterocycles. The number of aryl methyl sites for hydroxylation is 1. The average Bonchev–Trinajstić information content (AvgIpc) is 3.63. The van der Waals surface area contributed by atoms with Crippen LogP contribution < -0.4 is 15.1 Å². The lowest BCUT2D eigenvalue weighted by Gasteiger charge is -2.36. The van der Waals surface area contributed by atoms with E-state index >= 15 is 0 Å². The lowest BCUT2D eigenvalue weighted by atomic mass is 9.94. The van der Waals surface area contributed by atoms with Crippen LogP contribution in [0.4, 0.5) is 11.4 Å². The standard InChI is InChI=1S/C29H32N4O3/c1-19-6-7-20(33-14-12-32(13-15-33)16-17-34)18-23(19)27(35)30-29(10-11-29)24-8-9-25-26-21(24)4-3-5-22(26)28(36)31(25)2/h3-9,18,34H,10-17H2,1-2H3,(H,30,35). The first-order valence-corrected chi connectivity index (χ1v) is 12.8. The van der Waals surface area contributed by atoms with Crippen molar-refractivity contribution in [3.05, 3.63) is 70.8 Å². The van der Waals surface area contributed by atoms with Gasteiger partial charge in [-0.1, -0.05) is 24.3 Å². The van der Waals surface area contributed by atoms with Gasteiger partial charge in [0.25, 0.3) is 11.8 Å². The van der Waals surface area contributed by atoms with E-state index in [2.05, 4.69) is 33.3 Å². The molecule has 36 heavy (non-hydrogen) atoms. The zero-order valence-corrected chi connectivity index (χ0v) is 20.9. The highest BCUT2D eigenvalue weighted by atomic mass is 16.3. The molecule has 0 atom stereocenters. The second-order valence-electron chi connectivity index (χ2n) is 10.3. The lowest BCUT2D eigenvalue weighted by molar-refractivity contribution is 0.0929. The molecule has 0 bridgehead atoms. The minimum absolute atomic E-state index is 0.0197. The summed E-state index contributed by atoms with van der Waals surface area (Å²) in [4.78, 5) is 32.6. The molecular weight excluding hydrogens is 452 g/mol. The number of carbonyl (C=O) groups is 2. The maximum Gasteiger partial charge on any atom is 0.258 e. The zero-order chi connectivity index (χ0) is 25.0. The molecule has 3 aromatic carbocycles. The number of rotatable bonds is 6. The summed E-state index contributed by atoms with van der Waals surface area (Å²) in [5, 5.41) is 14.6. The van der Waals surface area contributed by atoms with E-state index in [0.29, 0.717) is 12.1 Å². The number of aliphatic hydroxyl groups is 1. The summed E-state index contributed by atoms with van der Waals surface area (Å²) in [7, 11) is 1.81. The number of carbonyl (C=O) groups excluding carboxylic acids is 2. The number of anilines is 2. The molecule has 2 heterocycles. The van der Waals surface area contributed by atoms with E-state index in [9.17, 15) is 14.7 Å². The van der Waals surface area contributed by atoms with Gasteiger partial charge in [-0.15, -0.1) is 0 Å². The van der Waals surface area contributed by atoms with Crippen molar-refractivity contribution in [1.82, 2.24) is 10.2 Å². The van der Waals surface area contributed by atoms with Crippen molar-refractivity contribution in [2.45, 2.75) is 25.3 Å². The van der Waals surface area contributed by atoms with Crippen LogP contribution in [0.2, 0.25) is 0 Å². The van der Waals surface area contributed by atoms with Crippen LogP contribution in [0.1, 0.15) is 44.7 Å². The van der Waals surface area contributed by atoms with Crippen LogP contribution >= 0.6 is 0 Å². The zero-order valence-electron chi connectivity index (χ0n) is 20.9. The van der Waals surface area contributed by atoms with Gasteiger partial charge in [-0.2, -0.15) is 0 Å². The summed E-state index contributed by atoms with van der Waals surface area (Å²) < 4.78 is 0. The van der Waals surface area contributed by atoms with Crippen LogP contribution in [0, 0.1) is 6.92 Å². The normalized spacial score (nSPS) is 18.7. The van der Waals surface area contributed by atoms with Gasteiger partial charge in [-0.05, 0) is 60.5 Å². The summed E-state index contributed by atoms with van der Waals surface area (Å²) in [5.74, 6) is -0.0338. The molecule has 0 aromatic heterocycles. The number of nitrogens with one attached hydrogen (secondary N) is 1. The molecule has 2 aliphatic heterocycles. The summed E-state index contributed by atoms with van der Waals surface area (Å²) in [6.07, 6.45) is 1.76. The average molecular weight is 485 g/mol. The predicted octanol–water partition coefficient (Wildman–Crippen LogP) is 3.27. The van der Waals surface area contributed by atoms with Gasteiger partial charge < -0.3 is 20.2 Å². The molecule has 2 fully saturated rings. The van der Waals surface area contributed by atoms with Crippen molar-refractivity contribution in [3.63, 3.8) is 0 Å². The first-order valence-electron chi connectivity index (χ1n) is 12.8. The molecule has 0 spiro atoms. The van der Waals surface area contributed by atoms with Crippen LogP contribution in [0.15, 0.2) is 48.5 Å². The molecule has 7 heteroatoms. The number of piperazine rings is 1. The Bertz CT molecular complexity index is 1370. The Morgan fingerprint density at radius 2 is 1.83 bits per heavy atom. The minimum Gasteiger partial charge on any atom is -0.395 e. The van der Waals surface area contributed by atoms with Crippen molar-refractivity contribution < 1.29 is 14.7 Å². The topological polar surface area (TPSA) is 76.1 Å². The van der Waals surface area contributed by atoms with Gasteiger partial charge in [0.15, 0.2) is 0 Å². The third-order valence-electron chi connectivity index (χ3n) is 8.15. The van der Waals surface area contributed by atoms with Gasteiger partial charge in [-0.3, -0.25) is 14.5 Å². The van der Waals surface area contributed by atoms with E-state index in [-0.39, 0.29) is 18.4 Å². The fraction of sp³-hybridized carbons (Fsp3) is 0.379. The Morgan fingerprint density at radius 3 is 2.56 bits per heavy atom. The first kappa shape index (κ1) is 23.0. The summed E-state index contributed by atoms with van der Waals surface area (Å²) in [6, 6.07) is 16.1. The van der Waals surface area contributed by atoms with Crippen LogP contribution in [0.25, 0.3) is 10.8 Å². The summed E-state index contributed by atoms with van der Waals surface area (Å²) in [5.41, 5.74) is 5.07. The van der Waals surface area contributed by atoms with Crippen molar-refractivity contribution in [3.8, 4) is 0 Å². The molecular formula is C29H32N4O3. The van der Waals surface area contributed by atoms with E-state index in [1.807, 2.05) is 44.3 Å². The highest BCUT2D eigenvalue weighted by molar-refractivity contribution is 6.25. The maximum atomic E-state index is 13.6. The van der Waals surface area contributed by atoms with E-state index in [1.165, 1.54) is 0 Å². The summed E-state index contributed by atoms with van der Waals surface area (Å²) >= 11 is 0. The maximum absolute atomic E-state index is 13.6. The van der Waals surface area contributed by atoms with Crippen LogP contribution in [0.5, 0.6) is 0 Å². The number of hydrogen-bond donors (Lipinski definition) is 2. The van der Waals surface area contributed by atoms with E-state index in [1.54, 1.807) is 4.90 Å². The molecule has 186 valence electrons. The highest BCUT2D eigenvalue weighted by Crippen LogP contribution is 2.50. The largest absolute Gasteiger partial charge is 0.395 e. The molecule has 0 radical (unpaired) electrons. The fourth-order valence-corrected chi connectivity index (χ4v) is 5.85. The van der Waals surface area contributed by atoms with Crippen molar-refractivity contribution in [1.29, 1.82) is 0 Å². The third-order valence-corrected chi connectivity index (χ3v) is 8.15. The SMILES string of the molecule is Cc1ccc(N2CCN(CCO)CC2)cc1C(=O)NC1(c2ccc3c4c(cccc24)C(=O)N3C)CC1. The Kier molecular flexibility index (Phi) is 5.50. The van der Waals surface area contributed by atoms with Crippen molar-refractivity contribution >= 4 is 34.0 Å². The molecule has 0 unspecified atom stereocenters. The number of amides is 2. The Hall–Kier alpha value is -3.42. The second-order valence-corrected chi connectivity index (χ2v) is 10.3. The van der Waals surface area contributed by atoms with E-state index < -0.39 is 5.54 Å². The Labute approximate surface area is 211 Å². The highest BCUT2D eigenvalue weighted by Gasteiger charge is 2.47. The number of benzene rings is 3. The van der Waals surface area contributed by atoms with Gasteiger partial charge in [-0.25, -0.2) is 0 Å². The number of aliphatic hydroxyl groups excluding tert-OH is 1. The van der Waals surface area contributed by atoms with Crippen LogP contribution in [-0.2, 0) is 5.54 Å². The molecule has 7 nitrogen and oxygen atoms in total. The van der Waals surface area contributed by atoms with Gasteiger partial charge >= 0.3 is 0 Å². The Balaban J connectivity index is 1.27. The first-order chi connectivity index (χ1) is 17.4. The van der Waals surface area contributed by atoms with Gasteiger partial charge in [0, 0.05) is 62.0 Å². The van der Waals surface area contributed by atoms with Crippen LogP contribution in [0.3, 0.4) is 0 Å². The van der Waals surface area contributed by atoms with Crippen molar-refractivity contribution in [2.24, 2.45) is 0 Å². The molecule has 6 rings (SSSR count). The van der Waals surface area contributed by atoms with Gasteiger partial charge in [0.05, 0.1) is 17.8 Å². The number of hydrogen-bond acceptors (Lipinski definition) is 5. The monoisotopic (exact) mass is 484 g/mol. The fourth-order valence-electron chi connectivity index (χ4n) is 5.85. The minimum atomic E-state index is -0.406. The molecule has 1 saturated carbocycles. The lowest BCUT2D eigenvalue weighted by Crippen LogP contribution is -2.47. The van der Waals surface area contributed by atoms with Crippen LogP contribution in [-0.4, -0.2) is 68.2 Å². The van der Waals surface area contributed by atoms with Crippen molar-refractivity contribution in [2.75, 3.05) is 56.2 Å². The molecule has 3 aromatic rings. The second kappa shape index (κ2) is 8.61.